The maximum Gasteiger partial charge on any atom is 0.300 e. The SMILES string of the molecule is CC.CC(=O)O.CSCCCOc1ccc(-c2cccc3c2CCC3Oc2ccc3c(c2)SCC3)cc1. The van der Waals surface area contributed by atoms with Gasteiger partial charge in [-0.05, 0) is 89.8 Å². The molecule has 0 fully saturated rings. The van der Waals surface area contributed by atoms with Crippen molar-refractivity contribution in [1.82, 2.24) is 0 Å². The minimum atomic E-state index is -0.833. The Morgan fingerprint density at radius 2 is 1.78 bits per heavy atom. The van der Waals surface area contributed by atoms with Gasteiger partial charge in [-0.25, -0.2) is 0 Å². The van der Waals surface area contributed by atoms with E-state index in [0.29, 0.717) is 0 Å². The van der Waals surface area contributed by atoms with Crippen molar-refractivity contribution in [3.8, 4) is 22.6 Å². The molecule has 1 N–H and O–H groups in total. The van der Waals surface area contributed by atoms with Gasteiger partial charge in [0, 0.05) is 17.6 Å². The second-order valence-corrected chi connectivity index (χ2v) is 10.7. The first-order chi connectivity index (χ1) is 18.0. The average Bonchev–Trinajstić information content (AvgIpc) is 3.55. The van der Waals surface area contributed by atoms with Gasteiger partial charge in [0.2, 0.25) is 0 Å². The van der Waals surface area contributed by atoms with E-state index in [2.05, 4.69) is 66.9 Å². The van der Waals surface area contributed by atoms with E-state index >= 15 is 0 Å². The minimum Gasteiger partial charge on any atom is -0.494 e. The molecule has 4 nitrogen and oxygen atoms in total. The van der Waals surface area contributed by atoms with Gasteiger partial charge >= 0.3 is 0 Å². The van der Waals surface area contributed by atoms with Gasteiger partial charge in [0.05, 0.1) is 6.61 Å². The second kappa shape index (κ2) is 15.0. The Morgan fingerprint density at radius 3 is 2.51 bits per heavy atom. The lowest BCUT2D eigenvalue weighted by Gasteiger charge is -2.16. The van der Waals surface area contributed by atoms with Gasteiger partial charge in [-0.1, -0.05) is 50.2 Å². The van der Waals surface area contributed by atoms with Gasteiger partial charge in [0.1, 0.15) is 17.6 Å². The number of carbonyl (C=O) groups is 1. The fourth-order valence-electron chi connectivity index (χ4n) is 4.52. The molecule has 3 aromatic carbocycles. The van der Waals surface area contributed by atoms with E-state index in [4.69, 9.17) is 19.4 Å². The van der Waals surface area contributed by atoms with Crippen LogP contribution in [-0.4, -0.2) is 35.4 Å². The summed E-state index contributed by atoms with van der Waals surface area (Å²) in [5, 5.41) is 7.42. The lowest BCUT2D eigenvalue weighted by Crippen LogP contribution is -2.03. The molecule has 3 aromatic rings. The summed E-state index contributed by atoms with van der Waals surface area (Å²) in [5.41, 5.74) is 6.80. The molecule has 0 aromatic heterocycles. The zero-order chi connectivity index (χ0) is 26.6. The van der Waals surface area contributed by atoms with E-state index in [1.165, 1.54) is 44.9 Å². The molecule has 2 aliphatic rings. The molecule has 1 heterocycles. The quantitative estimate of drug-likeness (QED) is 0.291. The van der Waals surface area contributed by atoms with E-state index in [1.54, 1.807) is 0 Å². The number of thioether (sulfide) groups is 2. The lowest BCUT2D eigenvalue weighted by atomic mass is 9.96. The van der Waals surface area contributed by atoms with Crippen LogP contribution >= 0.6 is 23.5 Å². The van der Waals surface area contributed by atoms with Gasteiger partial charge < -0.3 is 14.6 Å². The van der Waals surface area contributed by atoms with Crippen LogP contribution in [0.4, 0.5) is 0 Å². The van der Waals surface area contributed by atoms with Crippen LogP contribution in [0, 0.1) is 0 Å². The molecule has 1 aliphatic carbocycles. The van der Waals surface area contributed by atoms with Crippen molar-refractivity contribution < 1.29 is 19.4 Å². The van der Waals surface area contributed by atoms with E-state index in [9.17, 15) is 0 Å². The molecule has 1 atom stereocenters. The Bertz CT molecular complexity index is 1140. The molecule has 0 saturated heterocycles. The highest BCUT2D eigenvalue weighted by Crippen LogP contribution is 2.41. The standard InChI is InChI=1S/C27H28O2S2.C2H4O2.C2H6/c1-30-16-3-15-28-21-9-6-19(7-10-21)23-4-2-5-25-24(23)12-13-26(25)29-22-11-8-20-14-17-31-27(20)18-22;1-2(3)4;1-2/h2,4-11,18,26H,3,12-17H2,1H3;1H3,(H,3,4);1-2H3. The van der Waals surface area contributed by atoms with Crippen molar-refractivity contribution in [2.45, 2.75) is 57.5 Å². The molecular weight excluding hydrogens is 500 g/mol. The first-order valence-electron chi connectivity index (χ1n) is 13.0. The smallest absolute Gasteiger partial charge is 0.300 e. The van der Waals surface area contributed by atoms with Crippen LogP contribution in [0.5, 0.6) is 11.5 Å². The molecular formula is C31H38O4S2. The molecule has 0 radical (unpaired) electrons. The van der Waals surface area contributed by atoms with Crippen molar-refractivity contribution in [3.63, 3.8) is 0 Å². The molecule has 0 spiro atoms. The highest BCUT2D eigenvalue weighted by molar-refractivity contribution is 7.99. The topological polar surface area (TPSA) is 55.8 Å². The highest BCUT2D eigenvalue weighted by atomic mass is 32.2. The largest absolute Gasteiger partial charge is 0.494 e. The third kappa shape index (κ3) is 8.21. The molecule has 1 aliphatic heterocycles. The normalized spacial score (nSPS) is 14.9. The number of fused-ring (bicyclic) bond motifs is 2. The van der Waals surface area contributed by atoms with Gasteiger partial charge in [-0.15, -0.1) is 11.8 Å². The molecule has 6 heteroatoms. The van der Waals surface area contributed by atoms with E-state index in [0.717, 1.165) is 50.0 Å². The first-order valence-corrected chi connectivity index (χ1v) is 15.4. The van der Waals surface area contributed by atoms with Crippen molar-refractivity contribution in [3.05, 3.63) is 77.4 Å². The minimum absolute atomic E-state index is 0.137. The Morgan fingerprint density at radius 1 is 1.05 bits per heavy atom. The Balaban J connectivity index is 0.000000580. The van der Waals surface area contributed by atoms with Crippen molar-refractivity contribution >= 4 is 29.5 Å². The second-order valence-electron chi connectivity index (χ2n) is 8.62. The van der Waals surface area contributed by atoms with Crippen molar-refractivity contribution in [2.24, 2.45) is 0 Å². The molecule has 198 valence electrons. The molecule has 0 amide bonds. The van der Waals surface area contributed by atoms with Crippen LogP contribution in [0.1, 0.15) is 56.4 Å². The monoisotopic (exact) mass is 538 g/mol. The summed E-state index contributed by atoms with van der Waals surface area (Å²) in [4.78, 5) is 10.4. The fraction of sp³-hybridized carbons (Fsp3) is 0.387. The summed E-state index contributed by atoms with van der Waals surface area (Å²) in [7, 11) is 0. The fourth-order valence-corrected chi connectivity index (χ4v) is 6.02. The van der Waals surface area contributed by atoms with Crippen LogP contribution in [-0.2, 0) is 17.6 Å². The van der Waals surface area contributed by atoms with Crippen LogP contribution in [0.25, 0.3) is 11.1 Å². The van der Waals surface area contributed by atoms with Crippen molar-refractivity contribution in [2.75, 3.05) is 24.4 Å². The lowest BCUT2D eigenvalue weighted by molar-refractivity contribution is -0.134. The predicted octanol–water partition coefficient (Wildman–Crippen LogP) is 8.32. The van der Waals surface area contributed by atoms with Crippen LogP contribution in [0.3, 0.4) is 0 Å². The number of ether oxygens (including phenoxy) is 2. The average molecular weight is 539 g/mol. The number of aryl methyl sites for hydroxylation is 1. The van der Waals surface area contributed by atoms with E-state index in [-0.39, 0.29) is 6.10 Å². The third-order valence-electron chi connectivity index (χ3n) is 6.09. The van der Waals surface area contributed by atoms with E-state index < -0.39 is 5.97 Å². The zero-order valence-corrected chi connectivity index (χ0v) is 23.9. The van der Waals surface area contributed by atoms with Gasteiger partial charge in [0.15, 0.2) is 0 Å². The third-order valence-corrected chi connectivity index (χ3v) is 7.88. The van der Waals surface area contributed by atoms with Gasteiger partial charge in [0.25, 0.3) is 5.97 Å². The predicted molar refractivity (Wildman–Crippen MR) is 158 cm³/mol. The summed E-state index contributed by atoms with van der Waals surface area (Å²) >= 11 is 3.80. The number of carboxylic acids is 1. The molecule has 0 saturated carbocycles. The Labute approximate surface area is 230 Å². The van der Waals surface area contributed by atoms with Crippen LogP contribution in [0.15, 0.2) is 65.6 Å². The number of carboxylic acid groups (broad SMARTS) is 1. The number of rotatable bonds is 8. The van der Waals surface area contributed by atoms with Gasteiger partial charge in [-0.3, -0.25) is 4.79 Å². The van der Waals surface area contributed by atoms with Crippen LogP contribution < -0.4 is 9.47 Å². The van der Waals surface area contributed by atoms with E-state index in [1.807, 2.05) is 37.4 Å². The molecule has 37 heavy (non-hydrogen) atoms. The number of benzene rings is 3. The molecule has 1 unspecified atom stereocenters. The first kappa shape index (κ1) is 29.0. The maximum absolute atomic E-state index is 9.00. The number of hydrogen-bond acceptors (Lipinski definition) is 5. The summed E-state index contributed by atoms with van der Waals surface area (Å²) in [6.07, 6.45) is 6.62. The highest BCUT2D eigenvalue weighted by Gasteiger charge is 2.27. The number of hydrogen-bond donors (Lipinski definition) is 1. The van der Waals surface area contributed by atoms with Crippen LogP contribution in [0.2, 0.25) is 0 Å². The Kier molecular flexibility index (Phi) is 11.7. The maximum atomic E-state index is 9.00. The van der Waals surface area contributed by atoms with Crippen molar-refractivity contribution in [1.29, 1.82) is 0 Å². The van der Waals surface area contributed by atoms with Gasteiger partial charge in [-0.2, -0.15) is 11.8 Å². The Hall–Kier alpha value is -2.57. The zero-order valence-electron chi connectivity index (χ0n) is 22.3. The summed E-state index contributed by atoms with van der Waals surface area (Å²) < 4.78 is 12.3. The number of aliphatic carboxylic acids is 1. The summed E-state index contributed by atoms with van der Waals surface area (Å²) in [6, 6.07) is 21.8. The molecule has 5 rings (SSSR count). The summed E-state index contributed by atoms with van der Waals surface area (Å²) in [6.45, 7) is 5.86. The summed E-state index contributed by atoms with van der Waals surface area (Å²) in [5.74, 6) is 3.45. The molecule has 0 bridgehead atoms.